The summed E-state index contributed by atoms with van der Waals surface area (Å²) in [5, 5.41) is -0.143. The van der Waals surface area contributed by atoms with Crippen molar-refractivity contribution in [3.8, 4) is 5.75 Å². The van der Waals surface area contributed by atoms with Crippen LogP contribution >= 0.6 is 11.5 Å². The SMILES string of the molecule is CN1CC[C@@H](Oc2cccc(NS(=O)(=O)c3nccc4sncc34)c2C(F)(F)F)C1. The lowest BCUT2D eigenvalue weighted by Crippen LogP contribution is -2.24. The second-order valence-electron chi connectivity index (χ2n) is 6.93. The molecule has 1 N–H and O–H groups in total. The highest BCUT2D eigenvalue weighted by Gasteiger charge is 2.39. The van der Waals surface area contributed by atoms with E-state index in [1.165, 1.54) is 24.5 Å². The fourth-order valence-corrected chi connectivity index (χ4v) is 5.27. The molecule has 1 aliphatic heterocycles. The normalized spacial score (nSPS) is 18.1. The Labute approximate surface area is 174 Å². The fourth-order valence-electron chi connectivity index (χ4n) is 3.36. The lowest BCUT2D eigenvalue weighted by atomic mass is 10.1. The molecule has 160 valence electrons. The van der Waals surface area contributed by atoms with Crippen molar-refractivity contribution in [2.75, 3.05) is 24.9 Å². The number of benzene rings is 1. The first-order valence-corrected chi connectivity index (χ1v) is 11.2. The summed E-state index contributed by atoms with van der Waals surface area (Å²) in [4.78, 5) is 5.80. The maximum atomic E-state index is 13.9. The maximum Gasteiger partial charge on any atom is 0.421 e. The van der Waals surface area contributed by atoms with Gasteiger partial charge in [0.25, 0.3) is 10.0 Å². The molecule has 3 aromatic rings. The summed E-state index contributed by atoms with van der Waals surface area (Å²) in [5.74, 6) is -0.411. The number of ether oxygens (including phenoxy) is 1. The Hall–Kier alpha value is -2.44. The van der Waals surface area contributed by atoms with Crippen molar-refractivity contribution in [2.24, 2.45) is 0 Å². The molecule has 3 heterocycles. The zero-order valence-electron chi connectivity index (χ0n) is 15.7. The molecule has 30 heavy (non-hydrogen) atoms. The van der Waals surface area contributed by atoms with Crippen molar-refractivity contribution >= 4 is 37.3 Å². The Balaban J connectivity index is 1.73. The molecular weight excluding hydrogens is 441 g/mol. The van der Waals surface area contributed by atoms with Gasteiger partial charge in [-0.25, -0.2) is 4.98 Å². The Kier molecular flexibility index (Phi) is 5.32. The van der Waals surface area contributed by atoms with Crippen LogP contribution in [0.1, 0.15) is 12.0 Å². The first-order valence-electron chi connectivity index (χ1n) is 8.93. The molecule has 1 fully saturated rings. The van der Waals surface area contributed by atoms with Gasteiger partial charge < -0.3 is 9.64 Å². The van der Waals surface area contributed by atoms with Crippen LogP contribution in [0, 0.1) is 0 Å². The van der Waals surface area contributed by atoms with Crippen molar-refractivity contribution in [1.82, 2.24) is 14.3 Å². The van der Waals surface area contributed by atoms with Crippen LogP contribution in [0.2, 0.25) is 0 Å². The smallest absolute Gasteiger partial charge is 0.421 e. The number of sulfonamides is 1. The minimum Gasteiger partial charge on any atom is -0.488 e. The maximum absolute atomic E-state index is 13.9. The molecule has 0 unspecified atom stereocenters. The molecular formula is C18H17F3N4O3S2. The third kappa shape index (κ3) is 4.07. The van der Waals surface area contributed by atoms with Gasteiger partial charge in [-0.2, -0.15) is 26.0 Å². The number of aromatic nitrogens is 2. The number of alkyl halides is 3. The summed E-state index contributed by atoms with van der Waals surface area (Å²) in [6.45, 7) is 1.20. The highest BCUT2D eigenvalue weighted by molar-refractivity contribution is 7.92. The van der Waals surface area contributed by atoms with Gasteiger partial charge in [0, 0.05) is 19.3 Å². The van der Waals surface area contributed by atoms with Gasteiger partial charge in [-0.1, -0.05) is 6.07 Å². The number of pyridine rings is 1. The van der Waals surface area contributed by atoms with Crippen molar-refractivity contribution in [3.63, 3.8) is 0 Å². The lowest BCUT2D eigenvalue weighted by molar-refractivity contribution is -0.138. The van der Waals surface area contributed by atoms with Gasteiger partial charge in [0.05, 0.1) is 22.0 Å². The zero-order chi connectivity index (χ0) is 21.5. The quantitative estimate of drug-likeness (QED) is 0.629. The lowest BCUT2D eigenvalue weighted by Gasteiger charge is -2.21. The molecule has 1 aliphatic rings. The molecule has 0 aliphatic carbocycles. The molecule has 0 bridgehead atoms. The van der Waals surface area contributed by atoms with E-state index in [1.54, 1.807) is 6.07 Å². The molecule has 7 nitrogen and oxygen atoms in total. The van der Waals surface area contributed by atoms with Gasteiger partial charge in [-0.3, -0.25) is 4.72 Å². The van der Waals surface area contributed by atoms with Gasteiger partial charge in [-0.05, 0) is 43.2 Å². The molecule has 1 saturated heterocycles. The molecule has 1 atom stereocenters. The van der Waals surface area contributed by atoms with Crippen LogP contribution < -0.4 is 9.46 Å². The number of nitrogens with one attached hydrogen (secondary N) is 1. The highest BCUT2D eigenvalue weighted by atomic mass is 32.2. The predicted molar refractivity (Wildman–Crippen MR) is 106 cm³/mol. The van der Waals surface area contributed by atoms with Crippen LogP contribution in [0.3, 0.4) is 0 Å². The molecule has 4 rings (SSSR count). The first-order chi connectivity index (χ1) is 14.1. The summed E-state index contributed by atoms with van der Waals surface area (Å²) < 4.78 is 79.6. The van der Waals surface area contributed by atoms with Gasteiger partial charge in [0.1, 0.15) is 17.4 Å². The van der Waals surface area contributed by atoms with Crippen molar-refractivity contribution in [1.29, 1.82) is 0 Å². The van der Waals surface area contributed by atoms with E-state index in [0.717, 1.165) is 17.6 Å². The van der Waals surface area contributed by atoms with Gasteiger partial charge >= 0.3 is 6.18 Å². The molecule has 0 radical (unpaired) electrons. The Bertz CT molecular complexity index is 1180. The summed E-state index contributed by atoms with van der Waals surface area (Å²) in [7, 11) is -2.55. The zero-order valence-corrected chi connectivity index (χ0v) is 17.3. The van der Waals surface area contributed by atoms with Gasteiger partial charge in [0.2, 0.25) is 0 Å². The number of hydrogen-bond donors (Lipinski definition) is 1. The Morgan fingerprint density at radius 3 is 2.80 bits per heavy atom. The average Bonchev–Trinajstić information content (AvgIpc) is 3.28. The van der Waals surface area contributed by atoms with Gasteiger partial charge in [-0.15, -0.1) is 0 Å². The minimum absolute atomic E-state index is 0.241. The van der Waals surface area contributed by atoms with E-state index in [2.05, 4.69) is 9.36 Å². The van der Waals surface area contributed by atoms with Crippen LogP contribution in [0.25, 0.3) is 10.1 Å². The number of fused-ring (bicyclic) bond motifs is 1. The number of likely N-dealkylation sites (tertiary alicyclic amines) is 1. The summed E-state index contributed by atoms with van der Waals surface area (Å²) in [6.07, 6.45) is -2.06. The topological polar surface area (TPSA) is 84.4 Å². The Morgan fingerprint density at radius 2 is 2.10 bits per heavy atom. The van der Waals surface area contributed by atoms with E-state index in [1.807, 2.05) is 16.7 Å². The number of halogens is 3. The van der Waals surface area contributed by atoms with E-state index in [0.29, 0.717) is 24.2 Å². The summed E-state index contributed by atoms with van der Waals surface area (Å²) >= 11 is 1.07. The second-order valence-corrected chi connectivity index (χ2v) is 9.36. The van der Waals surface area contributed by atoms with Crippen LogP contribution in [-0.2, 0) is 16.2 Å². The van der Waals surface area contributed by atoms with Crippen LogP contribution in [0.15, 0.2) is 41.7 Å². The number of likely N-dealkylation sites (N-methyl/N-ethyl adjacent to an activating group) is 1. The third-order valence-corrected chi connectivity index (χ3v) is 6.78. The molecule has 0 amide bonds. The van der Waals surface area contributed by atoms with E-state index >= 15 is 0 Å². The summed E-state index contributed by atoms with van der Waals surface area (Å²) in [6, 6.07) is 5.15. The van der Waals surface area contributed by atoms with Crippen LogP contribution in [0.5, 0.6) is 5.75 Å². The largest absolute Gasteiger partial charge is 0.488 e. The molecule has 12 heteroatoms. The van der Waals surface area contributed by atoms with Crippen molar-refractivity contribution < 1.29 is 26.3 Å². The van der Waals surface area contributed by atoms with Crippen molar-refractivity contribution in [3.05, 3.63) is 42.2 Å². The first kappa shape index (κ1) is 20.8. The number of anilines is 1. The van der Waals surface area contributed by atoms with Crippen LogP contribution in [0.4, 0.5) is 18.9 Å². The standard InChI is InChI=1S/C18H17F3N4O3S2/c1-25-8-6-11(10-25)28-14-4-2-3-13(16(14)18(19,20)21)24-30(26,27)17-12-9-23-29-15(12)5-7-22-17/h2-5,7,9,11,24H,6,8,10H2,1H3/t11-/m1/s1. The molecule has 0 saturated carbocycles. The molecule has 1 aromatic carbocycles. The summed E-state index contributed by atoms with van der Waals surface area (Å²) in [5.41, 5.74) is -1.79. The van der Waals surface area contributed by atoms with E-state index in [4.69, 9.17) is 4.74 Å². The third-order valence-electron chi connectivity index (χ3n) is 4.70. The Morgan fingerprint density at radius 1 is 1.30 bits per heavy atom. The van der Waals surface area contributed by atoms with E-state index < -0.39 is 39.3 Å². The number of hydrogen-bond acceptors (Lipinski definition) is 7. The number of rotatable bonds is 5. The number of nitrogens with zero attached hydrogens (tertiary/aromatic N) is 3. The van der Waals surface area contributed by atoms with Crippen molar-refractivity contribution in [2.45, 2.75) is 23.7 Å². The van der Waals surface area contributed by atoms with E-state index in [-0.39, 0.29) is 10.4 Å². The molecule has 0 spiro atoms. The highest BCUT2D eigenvalue weighted by Crippen LogP contribution is 2.42. The van der Waals surface area contributed by atoms with Gasteiger partial charge in [0.15, 0.2) is 5.03 Å². The monoisotopic (exact) mass is 458 g/mol. The average molecular weight is 458 g/mol. The van der Waals surface area contributed by atoms with E-state index in [9.17, 15) is 21.6 Å². The minimum atomic E-state index is -4.83. The fraction of sp³-hybridized carbons (Fsp3) is 0.333. The molecule has 2 aromatic heterocycles. The second kappa shape index (κ2) is 7.67. The predicted octanol–water partition coefficient (Wildman–Crippen LogP) is 3.59. The van der Waals surface area contributed by atoms with Crippen LogP contribution in [-0.4, -0.2) is 48.9 Å².